The minimum Gasteiger partial charge on any atom is -0.480 e. The maximum atomic E-state index is 12.3. The van der Waals surface area contributed by atoms with E-state index < -0.39 is 17.9 Å². The van der Waals surface area contributed by atoms with Gasteiger partial charge in [0.1, 0.15) is 6.04 Å². The number of carboxylic acid groups (broad SMARTS) is 1. The summed E-state index contributed by atoms with van der Waals surface area (Å²) in [4.78, 5) is 25.1. The van der Waals surface area contributed by atoms with Gasteiger partial charge in [-0.15, -0.1) is 10.2 Å². The fourth-order valence-electron chi connectivity index (χ4n) is 2.46. The van der Waals surface area contributed by atoms with E-state index in [4.69, 9.17) is 11.6 Å². The number of rotatable bonds is 3. The van der Waals surface area contributed by atoms with Gasteiger partial charge < -0.3 is 10.0 Å². The monoisotopic (exact) mass is 297 g/mol. The number of amides is 1. The highest BCUT2D eigenvalue weighted by atomic mass is 35.5. The van der Waals surface area contributed by atoms with Gasteiger partial charge in [-0.05, 0) is 30.9 Å². The van der Waals surface area contributed by atoms with Gasteiger partial charge in [0.15, 0.2) is 10.8 Å². The summed E-state index contributed by atoms with van der Waals surface area (Å²) < 4.78 is 0. The first-order chi connectivity index (χ1) is 9.52. The molecule has 6 nitrogen and oxygen atoms in total. The van der Waals surface area contributed by atoms with Crippen LogP contribution in [0.15, 0.2) is 12.1 Å². The summed E-state index contributed by atoms with van der Waals surface area (Å²) in [6.45, 7) is 2.46. The lowest BCUT2D eigenvalue weighted by molar-refractivity contribution is -0.144. The Morgan fingerprint density at radius 3 is 2.75 bits per heavy atom. The zero-order valence-corrected chi connectivity index (χ0v) is 11.9. The molecule has 20 heavy (non-hydrogen) atoms. The van der Waals surface area contributed by atoms with Gasteiger partial charge in [-0.3, -0.25) is 4.79 Å². The molecule has 1 aliphatic heterocycles. The van der Waals surface area contributed by atoms with Crippen LogP contribution in [-0.2, 0) is 4.79 Å². The molecule has 1 N–H and O–H groups in total. The van der Waals surface area contributed by atoms with Crippen molar-refractivity contribution in [3.63, 3.8) is 0 Å². The summed E-state index contributed by atoms with van der Waals surface area (Å²) >= 11 is 5.63. The second-order valence-electron chi connectivity index (χ2n) is 4.89. The number of likely N-dealkylation sites (tertiary alicyclic amines) is 1. The highest BCUT2D eigenvalue weighted by molar-refractivity contribution is 6.29. The van der Waals surface area contributed by atoms with E-state index in [0.29, 0.717) is 18.9 Å². The summed E-state index contributed by atoms with van der Waals surface area (Å²) in [6.07, 6.45) is 2.22. The molecule has 2 unspecified atom stereocenters. The van der Waals surface area contributed by atoms with E-state index in [0.717, 1.165) is 12.8 Å². The largest absolute Gasteiger partial charge is 0.480 e. The number of halogens is 1. The van der Waals surface area contributed by atoms with Crippen LogP contribution in [0.25, 0.3) is 0 Å². The highest BCUT2D eigenvalue weighted by Gasteiger charge is 2.36. The van der Waals surface area contributed by atoms with E-state index in [9.17, 15) is 14.7 Å². The van der Waals surface area contributed by atoms with Gasteiger partial charge in [-0.1, -0.05) is 24.9 Å². The number of nitrogens with zero attached hydrogens (tertiary/aromatic N) is 3. The average molecular weight is 298 g/mol. The lowest BCUT2D eigenvalue weighted by atomic mass is 9.88. The Balaban J connectivity index is 2.19. The van der Waals surface area contributed by atoms with Gasteiger partial charge in [-0.25, -0.2) is 4.79 Å². The van der Waals surface area contributed by atoms with E-state index in [1.807, 2.05) is 6.92 Å². The Labute approximate surface area is 121 Å². The van der Waals surface area contributed by atoms with Crippen molar-refractivity contribution in [1.29, 1.82) is 0 Å². The second kappa shape index (κ2) is 6.17. The first-order valence-corrected chi connectivity index (χ1v) is 6.93. The molecular formula is C13H16ClN3O3. The van der Waals surface area contributed by atoms with Crippen molar-refractivity contribution in [2.45, 2.75) is 32.2 Å². The number of carbonyl (C=O) groups is 2. The third-order valence-electron chi connectivity index (χ3n) is 3.69. The minimum absolute atomic E-state index is 0.121. The van der Waals surface area contributed by atoms with Gasteiger partial charge in [0.05, 0.1) is 0 Å². The number of carbonyl (C=O) groups excluding carboxylic acids is 1. The molecule has 1 aromatic rings. The van der Waals surface area contributed by atoms with Crippen molar-refractivity contribution in [2.24, 2.45) is 5.92 Å². The molecule has 0 bridgehead atoms. The molecule has 0 aliphatic carbocycles. The molecular weight excluding hydrogens is 282 g/mol. The van der Waals surface area contributed by atoms with Crippen LogP contribution in [0.5, 0.6) is 0 Å². The van der Waals surface area contributed by atoms with Gasteiger partial charge in [0.2, 0.25) is 0 Å². The average Bonchev–Trinajstić information content (AvgIpc) is 2.46. The molecule has 1 amide bonds. The zero-order chi connectivity index (χ0) is 14.7. The molecule has 0 aromatic carbocycles. The Bertz CT molecular complexity index is 506. The Morgan fingerprint density at radius 2 is 2.20 bits per heavy atom. The summed E-state index contributed by atoms with van der Waals surface area (Å²) in [5, 5.41) is 16.8. The number of carboxylic acids is 1. The van der Waals surface area contributed by atoms with E-state index in [1.165, 1.54) is 17.0 Å². The highest BCUT2D eigenvalue weighted by Crippen LogP contribution is 2.26. The lowest BCUT2D eigenvalue weighted by Gasteiger charge is -2.36. The van der Waals surface area contributed by atoms with Crippen molar-refractivity contribution in [2.75, 3.05) is 6.54 Å². The fourth-order valence-corrected chi connectivity index (χ4v) is 2.56. The lowest BCUT2D eigenvalue weighted by Crippen LogP contribution is -2.50. The molecule has 1 aromatic heterocycles. The second-order valence-corrected chi connectivity index (χ2v) is 5.28. The first-order valence-electron chi connectivity index (χ1n) is 6.56. The summed E-state index contributed by atoms with van der Waals surface area (Å²) in [6, 6.07) is 2.14. The molecule has 1 saturated heterocycles. The van der Waals surface area contributed by atoms with Gasteiger partial charge in [-0.2, -0.15) is 0 Å². The van der Waals surface area contributed by atoms with Gasteiger partial charge in [0.25, 0.3) is 5.91 Å². The van der Waals surface area contributed by atoms with Crippen molar-refractivity contribution in [3.05, 3.63) is 23.0 Å². The van der Waals surface area contributed by atoms with Crippen molar-refractivity contribution in [1.82, 2.24) is 15.1 Å². The molecule has 108 valence electrons. The summed E-state index contributed by atoms with van der Waals surface area (Å²) in [5.74, 6) is -1.04. The number of aromatic nitrogens is 2. The normalized spacial score (nSPS) is 22.6. The van der Waals surface area contributed by atoms with Crippen LogP contribution in [-0.4, -0.2) is 44.7 Å². The minimum atomic E-state index is -0.974. The zero-order valence-electron chi connectivity index (χ0n) is 11.1. The molecule has 1 aliphatic rings. The molecule has 0 spiro atoms. The molecule has 7 heteroatoms. The SMILES string of the molecule is CCC1CCN(C(=O)c2ccc(Cl)nn2)C(C(=O)O)C1. The standard InChI is InChI=1S/C13H16ClN3O3/c1-2-8-5-6-17(10(7-8)13(19)20)12(18)9-3-4-11(14)16-15-9/h3-4,8,10H,2,5-7H2,1H3,(H,19,20). The van der Waals surface area contributed by atoms with E-state index in [2.05, 4.69) is 10.2 Å². The smallest absolute Gasteiger partial charge is 0.326 e. The molecule has 2 atom stereocenters. The number of aliphatic carboxylic acids is 1. The van der Waals surface area contributed by atoms with Crippen LogP contribution in [0.1, 0.15) is 36.7 Å². The van der Waals surface area contributed by atoms with Crippen molar-refractivity contribution in [3.8, 4) is 0 Å². The summed E-state index contributed by atoms with van der Waals surface area (Å²) in [7, 11) is 0. The third-order valence-corrected chi connectivity index (χ3v) is 3.89. The van der Waals surface area contributed by atoms with E-state index in [1.54, 1.807) is 0 Å². The maximum Gasteiger partial charge on any atom is 0.326 e. The number of hydrogen-bond donors (Lipinski definition) is 1. The van der Waals surface area contributed by atoms with Crippen molar-refractivity contribution >= 4 is 23.5 Å². The molecule has 0 radical (unpaired) electrons. The molecule has 2 heterocycles. The van der Waals surface area contributed by atoms with Crippen LogP contribution in [0, 0.1) is 5.92 Å². The van der Waals surface area contributed by atoms with Gasteiger partial charge >= 0.3 is 5.97 Å². The predicted molar refractivity (Wildman–Crippen MR) is 72.5 cm³/mol. The van der Waals surface area contributed by atoms with Crippen LogP contribution < -0.4 is 0 Å². The molecule has 2 rings (SSSR count). The topological polar surface area (TPSA) is 83.4 Å². The van der Waals surface area contributed by atoms with Crippen LogP contribution >= 0.6 is 11.6 Å². The Morgan fingerprint density at radius 1 is 1.45 bits per heavy atom. The van der Waals surface area contributed by atoms with Crippen LogP contribution in [0.3, 0.4) is 0 Å². The quantitative estimate of drug-likeness (QED) is 0.920. The van der Waals surface area contributed by atoms with E-state index in [-0.39, 0.29) is 10.8 Å². The van der Waals surface area contributed by atoms with Crippen LogP contribution in [0.2, 0.25) is 5.15 Å². The maximum absolute atomic E-state index is 12.3. The van der Waals surface area contributed by atoms with Gasteiger partial charge in [0, 0.05) is 6.54 Å². The number of hydrogen-bond acceptors (Lipinski definition) is 4. The Kier molecular flexibility index (Phi) is 4.54. The predicted octanol–water partition coefficient (Wildman–Crippen LogP) is 1.85. The fraction of sp³-hybridized carbons (Fsp3) is 0.538. The molecule has 0 saturated carbocycles. The number of piperidine rings is 1. The molecule has 1 fully saturated rings. The third kappa shape index (κ3) is 3.07. The van der Waals surface area contributed by atoms with E-state index >= 15 is 0 Å². The Hall–Kier alpha value is -1.69. The summed E-state index contributed by atoms with van der Waals surface area (Å²) in [5.41, 5.74) is 0.121. The van der Waals surface area contributed by atoms with Crippen LogP contribution in [0.4, 0.5) is 0 Å². The first kappa shape index (κ1) is 14.7. The van der Waals surface area contributed by atoms with Crippen molar-refractivity contribution < 1.29 is 14.7 Å².